The Morgan fingerprint density at radius 2 is 1.83 bits per heavy atom. The first kappa shape index (κ1) is 30.2. The lowest BCUT2D eigenvalue weighted by molar-refractivity contribution is -0.139. The topological polar surface area (TPSA) is 101 Å². The van der Waals surface area contributed by atoms with Crippen molar-refractivity contribution in [3.8, 4) is 17.0 Å². The second-order valence-corrected chi connectivity index (χ2v) is 12.9. The number of benzene rings is 2. The number of aromatic nitrogens is 3. The van der Waals surface area contributed by atoms with E-state index in [1.165, 1.54) is 18.3 Å². The molecule has 1 aliphatic heterocycles. The highest BCUT2D eigenvalue weighted by atomic mass is 19.4. The van der Waals surface area contributed by atoms with E-state index >= 15 is 4.39 Å². The summed E-state index contributed by atoms with van der Waals surface area (Å²) in [6.07, 6.45) is -1.06. The van der Waals surface area contributed by atoms with Gasteiger partial charge in [-0.05, 0) is 73.2 Å². The Labute approximate surface area is 260 Å². The molecule has 1 saturated carbocycles. The summed E-state index contributed by atoms with van der Waals surface area (Å²) in [6, 6.07) is 6.86. The van der Waals surface area contributed by atoms with E-state index in [9.17, 15) is 32.6 Å². The number of rotatable bonds is 8. The van der Waals surface area contributed by atoms with Crippen LogP contribution in [0, 0.1) is 23.5 Å². The molecule has 46 heavy (non-hydrogen) atoms. The van der Waals surface area contributed by atoms with Crippen LogP contribution in [0.3, 0.4) is 0 Å². The molecule has 2 aliphatic carbocycles. The number of carboxylic acid groups (broad SMARTS) is 1. The van der Waals surface area contributed by atoms with Crippen LogP contribution in [0.2, 0.25) is 0 Å². The zero-order valence-corrected chi connectivity index (χ0v) is 24.8. The van der Waals surface area contributed by atoms with Crippen molar-refractivity contribution in [1.29, 1.82) is 0 Å². The molecule has 13 heteroatoms. The van der Waals surface area contributed by atoms with E-state index in [0.717, 1.165) is 34.5 Å². The number of carboxylic acids is 1. The first-order valence-corrected chi connectivity index (χ1v) is 14.7. The van der Waals surface area contributed by atoms with Crippen LogP contribution in [0.25, 0.3) is 11.1 Å². The quantitative estimate of drug-likeness (QED) is 0.225. The number of pyridine rings is 1. The predicted octanol–water partition coefficient (Wildman–Crippen LogP) is 6.08. The first-order chi connectivity index (χ1) is 21.7. The minimum absolute atomic E-state index is 0.00608. The lowest BCUT2D eigenvalue weighted by Gasteiger charge is -2.21. The van der Waals surface area contributed by atoms with Crippen molar-refractivity contribution in [2.45, 2.75) is 64.2 Å². The van der Waals surface area contributed by atoms with Crippen molar-refractivity contribution in [2.24, 2.45) is 11.8 Å². The Kier molecular flexibility index (Phi) is 6.89. The number of alkyl halides is 3. The largest absolute Gasteiger partial charge is 0.481 e. The van der Waals surface area contributed by atoms with Gasteiger partial charge in [0.15, 0.2) is 0 Å². The number of carbonyl (C=O) groups is 1. The fourth-order valence-electron chi connectivity index (χ4n) is 6.81. The number of ether oxygens (including phenoxy) is 1. The van der Waals surface area contributed by atoms with Crippen molar-refractivity contribution in [1.82, 2.24) is 14.8 Å². The second-order valence-electron chi connectivity index (χ2n) is 12.9. The number of hydrogen-bond acceptors (Lipinski definition) is 6. The number of hydrogen-bond donors (Lipinski definition) is 2. The van der Waals surface area contributed by atoms with Gasteiger partial charge in [0.05, 0.1) is 35.9 Å². The van der Waals surface area contributed by atoms with E-state index < -0.39 is 53.0 Å². The maximum absolute atomic E-state index is 15.6. The molecular weight excluding hydrogens is 611 g/mol. The Morgan fingerprint density at radius 1 is 1.04 bits per heavy atom. The van der Waals surface area contributed by atoms with Gasteiger partial charge in [0.25, 0.3) is 0 Å². The van der Waals surface area contributed by atoms with Crippen LogP contribution in [0.1, 0.15) is 53.3 Å². The zero-order chi connectivity index (χ0) is 32.7. The summed E-state index contributed by atoms with van der Waals surface area (Å²) in [7, 11) is 0. The lowest BCUT2D eigenvalue weighted by atomic mass is 9.95. The van der Waals surface area contributed by atoms with Gasteiger partial charge in [0.2, 0.25) is 5.88 Å². The summed E-state index contributed by atoms with van der Waals surface area (Å²) in [5.74, 6) is -3.28. The third-order valence-corrected chi connectivity index (χ3v) is 8.92. The summed E-state index contributed by atoms with van der Waals surface area (Å²) in [5, 5.41) is 23.9. The summed E-state index contributed by atoms with van der Waals surface area (Å²) < 4.78 is 80.0. The van der Waals surface area contributed by atoms with Gasteiger partial charge in [-0.1, -0.05) is 0 Å². The van der Waals surface area contributed by atoms with Crippen molar-refractivity contribution in [3.63, 3.8) is 0 Å². The number of fused-ring (bicyclic) bond motifs is 4. The molecule has 3 atom stereocenters. The Bertz CT molecular complexity index is 1860. The highest BCUT2D eigenvalue weighted by Crippen LogP contribution is 2.61. The molecule has 0 saturated heterocycles. The van der Waals surface area contributed by atoms with Crippen molar-refractivity contribution >= 4 is 11.7 Å². The Hall–Kier alpha value is -4.52. The van der Waals surface area contributed by atoms with E-state index in [0.29, 0.717) is 37.8 Å². The molecule has 0 bridgehead atoms. The molecule has 0 spiro atoms. The molecule has 1 fully saturated rings. The third kappa shape index (κ3) is 5.46. The van der Waals surface area contributed by atoms with E-state index in [4.69, 9.17) is 4.74 Å². The molecule has 2 aromatic heterocycles. The third-order valence-electron chi connectivity index (χ3n) is 8.92. The average Bonchev–Trinajstić information content (AvgIpc) is 3.18. The van der Waals surface area contributed by atoms with Gasteiger partial charge >= 0.3 is 12.1 Å². The number of aliphatic hydroxyl groups is 1. The molecule has 7 rings (SSSR count). The van der Waals surface area contributed by atoms with Crippen LogP contribution in [-0.2, 0) is 43.6 Å². The average molecular weight is 641 g/mol. The fraction of sp³-hybridized carbons (Fsp3) is 0.364. The van der Waals surface area contributed by atoms with E-state index in [1.54, 1.807) is 24.6 Å². The molecule has 0 amide bonds. The SMILES string of the molecule is CC(C)(O)Cn1cc2c(n1)CN(c1ccc(-c3cc(COc4cc5c(cn4)C4C(C5)C4C(=O)O)c(F)cc3C(F)(F)F)c(F)c1)C2. The summed E-state index contributed by atoms with van der Waals surface area (Å²) in [4.78, 5) is 17.4. The molecule has 3 aliphatic rings. The smallest absolute Gasteiger partial charge is 0.417 e. The van der Waals surface area contributed by atoms with E-state index in [-0.39, 0.29) is 28.8 Å². The van der Waals surface area contributed by atoms with Crippen LogP contribution in [0.5, 0.6) is 5.88 Å². The minimum Gasteiger partial charge on any atom is -0.481 e. The van der Waals surface area contributed by atoms with Crippen LogP contribution >= 0.6 is 0 Å². The van der Waals surface area contributed by atoms with Gasteiger partial charge in [0, 0.05) is 53.3 Å². The molecule has 2 N–H and O–H groups in total. The number of halogens is 5. The predicted molar refractivity (Wildman–Crippen MR) is 155 cm³/mol. The van der Waals surface area contributed by atoms with Gasteiger partial charge in [-0.3, -0.25) is 9.48 Å². The number of nitrogens with zero attached hydrogens (tertiary/aromatic N) is 4. The summed E-state index contributed by atoms with van der Waals surface area (Å²) >= 11 is 0. The maximum Gasteiger partial charge on any atom is 0.417 e. The van der Waals surface area contributed by atoms with Gasteiger partial charge in [0.1, 0.15) is 18.2 Å². The maximum atomic E-state index is 15.6. The van der Waals surface area contributed by atoms with Crippen molar-refractivity contribution in [3.05, 3.63) is 93.9 Å². The molecule has 2 aromatic carbocycles. The summed E-state index contributed by atoms with van der Waals surface area (Å²) in [5.41, 5.74) is 0.479. The first-order valence-electron chi connectivity index (χ1n) is 14.7. The second kappa shape index (κ2) is 10.5. The van der Waals surface area contributed by atoms with Crippen LogP contribution in [0.4, 0.5) is 27.6 Å². The number of aliphatic carboxylic acids is 1. The van der Waals surface area contributed by atoms with Crippen LogP contribution in [0.15, 0.2) is 48.8 Å². The van der Waals surface area contributed by atoms with Crippen molar-refractivity contribution in [2.75, 3.05) is 4.90 Å². The standard InChI is InChI=1S/C33H29F5N4O4/c1-32(2,45)15-42-12-18-11-41(13-27(18)40-42)19-3-4-20(26(35)8-19)21-6-17(25(34)9-24(21)33(36,37)38)14-46-28-7-16-5-22-29(23(16)10-39-28)30(22)31(43)44/h3-4,6-10,12,22,29-30,45H,5,11,13-15H2,1-2H3,(H,43,44). The highest BCUT2D eigenvalue weighted by molar-refractivity contribution is 5.78. The van der Waals surface area contributed by atoms with E-state index in [2.05, 4.69) is 10.1 Å². The molecule has 8 nitrogen and oxygen atoms in total. The molecule has 4 aromatic rings. The Morgan fingerprint density at radius 3 is 2.50 bits per heavy atom. The van der Waals surface area contributed by atoms with Crippen molar-refractivity contribution < 1.29 is 41.7 Å². The number of anilines is 1. The van der Waals surface area contributed by atoms with Gasteiger partial charge in [-0.15, -0.1) is 0 Å². The van der Waals surface area contributed by atoms with Gasteiger partial charge in [-0.25, -0.2) is 13.8 Å². The summed E-state index contributed by atoms with van der Waals surface area (Å²) in [6.45, 7) is 3.95. The van der Waals surface area contributed by atoms with Crippen LogP contribution < -0.4 is 9.64 Å². The molecule has 0 radical (unpaired) electrons. The van der Waals surface area contributed by atoms with Gasteiger partial charge in [-0.2, -0.15) is 18.3 Å². The Balaban J connectivity index is 1.11. The minimum atomic E-state index is -4.96. The highest BCUT2D eigenvalue weighted by Gasteiger charge is 2.60. The molecule has 3 unspecified atom stereocenters. The fourth-order valence-corrected chi connectivity index (χ4v) is 6.81. The van der Waals surface area contributed by atoms with Crippen LogP contribution in [-0.4, -0.2) is 36.5 Å². The monoisotopic (exact) mass is 640 g/mol. The normalized spacial score (nSPS) is 20.0. The van der Waals surface area contributed by atoms with Gasteiger partial charge < -0.3 is 19.8 Å². The molecular formula is C33H29F5N4O4. The lowest BCUT2D eigenvalue weighted by Crippen LogP contribution is -2.27. The molecule has 240 valence electrons. The zero-order valence-electron chi connectivity index (χ0n) is 24.8. The molecule has 3 heterocycles. The van der Waals surface area contributed by atoms with E-state index in [1.807, 2.05) is 11.1 Å².